The zero-order valence-electron chi connectivity index (χ0n) is 13.0. The highest BCUT2D eigenvalue weighted by Gasteiger charge is 2.28. The first kappa shape index (κ1) is 15.8. The van der Waals surface area contributed by atoms with Gasteiger partial charge in [-0.3, -0.25) is 4.79 Å². The van der Waals surface area contributed by atoms with Crippen molar-refractivity contribution in [2.75, 3.05) is 25.6 Å². The first-order chi connectivity index (χ1) is 10.2. The monoisotopic (exact) mass is 290 g/mol. The van der Waals surface area contributed by atoms with Crippen LogP contribution < -0.4 is 10.6 Å². The maximum atomic E-state index is 12.4. The number of benzene rings is 1. The fourth-order valence-corrected chi connectivity index (χ4v) is 2.87. The summed E-state index contributed by atoms with van der Waals surface area (Å²) in [7, 11) is 1.72. The molecular weight excluding hydrogens is 264 g/mol. The van der Waals surface area contributed by atoms with Gasteiger partial charge in [0, 0.05) is 32.0 Å². The normalized spacial score (nSPS) is 20.5. The summed E-state index contributed by atoms with van der Waals surface area (Å²) in [6.07, 6.45) is 4.01. The highest BCUT2D eigenvalue weighted by molar-refractivity contribution is 5.86. The minimum absolute atomic E-state index is 0.0311. The molecule has 1 aromatic carbocycles. The van der Waals surface area contributed by atoms with Crippen LogP contribution in [0.2, 0.25) is 0 Å². The summed E-state index contributed by atoms with van der Waals surface area (Å²) in [5.41, 5.74) is 2.21. The van der Waals surface area contributed by atoms with Crippen LogP contribution in [0.1, 0.15) is 44.1 Å². The van der Waals surface area contributed by atoms with Crippen LogP contribution in [0.4, 0.5) is 5.69 Å². The predicted molar refractivity (Wildman–Crippen MR) is 85.6 cm³/mol. The van der Waals surface area contributed by atoms with Crippen LogP contribution in [0, 0.1) is 0 Å². The van der Waals surface area contributed by atoms with Crippen LogP contribution in [-0.4, -0.2) is 32.2 Å². The van der Waals surface area contributed by atoms with Gasteiger partial charge in [-0.25, -0.2) is 0 Å². The van der Waals surface area contributed by atoms with Gasteiger partial charge in [-0.05, 0) is 44.2 Å². The molecule has 0 saturated carbocycles. The minimum atomic E-state index is -0.0311. The maximum absolute atomic E-state index is 12.4. The number of nitrogens with one attached hydrogen (secondary N) is 2. The SMILES string of the molecule is COCCCCCNC(=O)C1CC(C)Nc2ccccc21. The van der Waals surface area contributed by atoms with Crippen molar-refractivity contribution in [3.63, 3.8) is 0 Å². The Morgan fingerprint density at radius 3 is 2.95 bits per heavy atom. The number of amides is 1. The van der Waals surface area contributed by atoms with Crippen molar-refractivity contribution >= 4 is 11.6 Å². The van der Waals surface area contributed by atoms with Gasteiger partial charge in [0.2, 0.25) is 5.91 Å². The molecule has 4 heteroatoms. The number of anilines is 1. The van der Waals surface area contributed by atoms with Gasteiger partial charge in [0.15, 0.2) is 0 Å². The Balaban J connectivity index is 1.85. The molecule has 0 saturated heterocycles. The first-order valence-electron chi connectivity index (χ1n) is 7.84. The lowest BCUT2D eigenvalue weighted by Gasteiger charge is -2.30. The van der Waals surface area contributed by atoms with Gasteiger partial charge in [-0.2, -0.15) is 0 Å². The molecule has 1 aliphatic rings. The van der Waals surface area contributed by atoms with Crippen molar-refractivity contribution in [3.05, 3.63) is 29.8 Å². The number of carbonyl (C=O) groups excluding carboxylic acids is 1. The van der Waals surface area contributed by atoms with E-state index in [1.54, 1.807) is 7.11 Å². The number of ether oxygens (including phenoxy) is 1. The molecule has 4 nitrogen and oxygen atoms in total. The van der Waals surface area contributed by atoms with Gasteiger partial charge in [0.05, 0.1) is 5.92 Å². The summed E-state index contributed by atoms with van der Waals surface area (Å²) in [5.74, 6) is 0.124. The van der Waals surface area contributed by atoms with E-state index in [1.807, 2.05) is 12.1 Å². The van der Waals surface area contributed by atoms with Gasteiger partial charge in [-0.1, -0.05) is 18.2 Å². The van der Waals surface area contributed by atoms with E-state index in [4.69, 9.17) is 4.74 Å². The van der Waals surface area contributed by atoms with E-state index in [0.717, 1.165) is 50.1 Å². The zero-order valence-corrected chi connectivity index (χ0v) is 13.0. The average molecular weight is 290 g/mol. The number of fused-ring (bicyclic) bond motifs is 1. The Bertz CT molecular complexity index is 462. The molecule has 21 heavy (non-hydrogen) atoms. The molecular formula is C17H26N2O2. The van der Waals surface area contributed by atoms with Crippen molar-refractivity contribution in [2.45, 2.75) is 44.6 Å². The molecule has 2 rings (SSSR count). The maximum Gasteiger partial charge on any atom is 0.227 e. The van der Waals surface area contributed by atoms with Gasteiger partial charge in [0.25, 0.3) is 0 Å². The van der Waals surface area contributed by atoms with E-state index < -0.39 is 0 Å². The third-order valence-corrected chi connectivity index (χ3v) is 3.97. The lowest BCUT2D eigenvalue weighted by molar-refractivity contribution is -0.122. The second kappa shape index (κ2) is 8.03. The summed E-state index contributed by atoms with van der Waals surface area (Å²) < 4.78 is 5.02. The average Bonchev–Trinajstić information content (AvgIpc) is 2.49. The largest absolute Gasteiger partial charge is 0.385 e. The van der Waals surface area contributed by atoms with Crippen LogP contribution in [0.5, 0.6) is 0 Å². The minimum Gasteiger partial charge on any atom is -0.385 e. The summed E-state index contributed by atoms with van der Waals surface area (Å²) in [6.45, 7) is 3.68. The van der Waals surface area contributed by atoms with Crippen molar-refractivity contribution in [1.82, 2.24) is 5.32 Å². The number of methoxy groups -OCH3 is 1. The van der Waals surface area contributed by atoms with Crippen LogP contribution in [0.15, 0.2) is 24.3 Å². The molecule has 2 unspecified atom stereocenters. The molecule has 0 aromatic heterocycles. The first-order valence-corrected chi connectivity index (χ1v) is 7.84. The quantitative estimate of drug-likeness (QED) is 0.759. The highest BCUT2D eigenvalue weighted by atomic mass is 16.5. The Morgan fingerprint density at radius 1 is 1.33 bits per heavy atom. The van der Waals surface area contributed by atoms with Crippen molar-refractivity contribution in [1.29, 1.82) is 0 Å². The second-order valence-electron chi connectivity index (χ2n) is 5.77. The van der Waals surface area contributed by atoms with Crippen molar-refractivity contribution in [2.24, 2.45) is 0 Å². The van der Waals surface area contributed by atoms with E-state index in [1.165, 1.54) is 0 Å². The molecule has 2 atom stereocenters. The molecule has 0 bridgehead atoms. The zero-order chi connectivity index (χ0) is 15.1. The number of rotatable bonds is 7. The molecule has 116 valence electrons. The van der Waals surface area contributed by atoms with Gasteiger partial charge < -0.3 is 15.4 Å². The number of para-hydroxylation sites is 1. The Hall–Kier alpha value is -1.55. The summed E-state index contributed by atoms with van der Waals surface area (Å²) in [5, 5.41) is 6.52. The Morgan fingerprint density at radius 2 is 2.14 bits per heavy atom. The predicted octanol–water partition coefficient (Wildman–Crippen LogP) is 2.91. The smallest absolute Gasteiger partial charge is 0.227 e. The Labute approximate surface area is 127 Å². The van der Waals surface area contributed by atoms with Gasteiger partial charge >= 0.3 is 0 Å². The van der Waals surface area contributed by atoms with E-state index in [2.05, 4.69) is 29.7 Å². The van der Waals surface area contributed by atoms with E-state index in [0.29, 0.717) is 6.04 Å². The van der Waals surface area contributed by atoms with Gasteiger partial charge in [0.1, 0.15) is 0 Å². The molecule has 0 fully saturated rings. The number of hydrogen-bond acceptors (Lipinski definition) is 3. The standard InChI is InChI=1S/C17H26N2O2/c1-13-12-15(14-8-4-5-9-16(14)19-13)17(20)18-10-6-3-7-11-21-2/h4-5,8-9,13,15,19H,3,6-7,10-12H2,1-2H3,(H,18,20). The lowest BCUT2D eigenvalue weighted by Crippen LogP contribution is -2.36. The summed E-state index contributed by atoms with van der Waals surface area (Å²) in [4.78, 5) is 12.4. The van der Waals surface area contributed by atoms with Crippen molar-refractivity contribution < 1.29 is 9.53 Å². The highest BCUT2D eigenvalue weighted by Crippen LogP contribution is 2.34. The number of carbonyl (C=O) groups is 1. The molecule has 1 aliphatic heterocycles. The summed E-state index contributed by atoms with van der Waals surface area (Å²) >= 11 is 0. The fraction of sp³-hybridized carbons (Fsp3) is 0.588. The third kappa shape index (κ3) is 4.46. The Kier molecular flexibility index (Phi) is 6.05. The molecule has 1 aromatic rings. The van der Waals surface area contributed by atoms with Crippen LogP contribution in [-0.2, 0) is 9.53 Å². The van der Waals surface area contributed by atoms with Crippen LogP contribution in [0.3, 0.4) is 0 Å². The molecule has 0 aliphatic carbocycles. The third-order valence-electron chi connectivity index (χ3n) is 3.97. The molecule has 2 N–H and O–H groups in total. The lowest BCUT2D eigenvalue weighted by atomic mass is 9.87. The summed E-state index contributed by atoms with van der Waals surface area (Å²) in [6, 6.07) is 8.45. The molecule has 0 radical (unpaired) electrons. The van der Waals surface area contributed by atoms with E-state index >= 15 is 0 Å². The van der Waals surface area contributed by atoms with Crippen molar-refractivity contribution in [3.8, 4) is 0 Å². The topological polar surface area (TPSA) is 50.4 Å². The van der Waals surface area contributed by atoms with E-state index in [9.17, 15) is 4.79 Å². The van der Waals surface area contributed by atoms with Crippen LogP contribution in [0.25, 0.3) is 0 Å². The molecule has 1 heterocycles. The number of unbranched alkanes of at least 4 members (excludes halogenated alkanes) is 2. The van der Waals surface area contributed by atoms with Gasteiger partial charge in [-0.15, -0.1) is 0 Å². The second-order valence-corrected chi connectivity index (χ2v) is 5.77. The van der Waals surface area contributed by atoms with E-state index in [-0.39, 0.29) is 11.8 Å². The number of hydrogen-bond donors (Lipinski definition) is 2. The fourth-order valence-electron chi connectivity index (χ4n) is 2.87. The van der Waals surface area contributed by atoms with Crippen LogP contribution >= 0.6 is 0 Å². The molecule has 0 spiro atoms. The molecule has 1 amide bonds.